The molecule has 0 amide bonds. The topological polar surface area (TPSA) is 66.8 Å². The third kappa shape index (κ3) is 1.52. The zero-order chi connectivity index (χ0) is 14.8. The van der Waals surface area contributed by atoms with E-state index in [2.05, 4.69) is 13.8 Å². The Labute approximate surface area is 119 Å². The normalized spacial score (nSPS) is 51.6. The van der Waals surface area contributed by atoms with Crippen LogP contribution in [0.2, 0.25) is 0 Å². The van der Waals surface area contributed by atoms with Gasteiger partial charge in [0.1, 0.15) is 6.10 Å². The monoisotopic (exact) mass is 280 g/mol. The van der Waals surface area contributed by atoms with E-state index in [-0.39, 0.29) is 29.3 Å². The van der Waals surface area contributed by atoms with Crippen molar-refractivity contribution in [1.29, 1.82) is 0 Å². The number of aliphatic hydroxyl groups is 2. The smallest absolute Gasteiger partial charge is 0.334 e. The first kappa shape index (κ1) is 14.1. The second-order valence-corrected chi connectivity index (χ2v) is 7.07. The molecule has 1 aliphatic heterocycles. The average Bonchev–Trinajstić information content (AvgIpc) is 2.38. The Kier molecular flexibility index (Phi) is 3.04. The molecule has 0 saturated heterocycles. The van der Waals surface area contributed by atoms with Crippen LogP contribution in [0.4, 0.5) is 0 Å². The molecule has 3 aliphatic rings. The van der Waals surface area contributed by atoms with Crippen LogP contribution in [-0.2, 0) is 9.53 Å². The number of hydrogen-bond donors (Lipinski definition) is 2. The van der Waals surface area contributed by atoms with Crippen LogP contribution in [0.15, 0.2) is 11.1 Å². The van der Waals surface area contributed by atoms with Crippen LogP contribution >= 0.6 is 0 Å². The minimum atomic E-state index is -0.801. The van der Waals surface area contributed by atoms with Gasteiger partial charge in [0, 0.05) is 22.8 Å². The highest BCUT2D eigenvalue weighted by Gasteiger charge is 2.62. The molecule has 7 atom stereocenters. The van der Waals surface area contributed by atoms with Crippen LogP contribution in [0.1, 0.15) is 40.5 Å². The summed E-state index contributed by atoms with van der Waals surface area (Å²) < 4.78 is 5.63. The molecule has 1 unspecified atom stereocenters. The average molecular weight is 280 g/mol. The van der Waals surface area contributed by atoms with Gasteiger partial charge in [-0.2, -0.15) is 0 Å². The van der Waals surface area contributed by atoms with Crippen LogP contribution in [0.3, 0.4) is 0 Å². The molecule has 0 spiro atoms. The van der Waals surface area contributed by atoms with Crippen LogP contribution in [0.5, 0.6) is 0 Å². The minimum Gasteiger partial charge on any atom is -0.458 e. The van der Waals surface area contributed by atoms with E-state index in [9.17, 15) is 15.0 Å². The molecular weight excluding hydrogens is 256 g/mol. The summed E-state index contributed by atoms with van der Waals surface area (Å²) in [6, 6.07) is 0. The highest BCUT2D eigenvalue weighted by molar-refractivity contribution is 5.90. The number of rotatable bonds is 0. The number of aliphatic hydroxyl groups excluding tert-OH is 2. The first-order valence-electron chi connectivity index (χ1n) is 7.58. The van der Waals surface area contributed by atoms with Crippen LogP contribution in [0, 0.1) is 23.2 Å². The molecular formula is C16H24O4. The predicted octanol–water partition coefficient (Wildman–Crippen LogP) is 1.65. The molecule has 0 aromatic carbocycles. The van der Waals surface area contributed by atoms with E-state index in [0.29, 0.717) is 11.5 Å². The van der Waals surface area contributed by atoms with E-state index in [4.69, 9.17) is 4.74 Å². The third-order valence-electron chi connectivity index (χ3n) is 6.08. The Morgan fingerprint density at radius 1 is 1.20 bits per heavy atom. The highest BCUT2D eigenvalue weighted by Crippen LogP contribution is 2.60. The van der Waals surface area contributed by atoms with Gasteiger partial charge in [-0.25, -0.2) is 4.79 Å². The van der Waals surface area contributed by atoms with Crippen LogP contribution in [0.25, 0.3) is 0 Å². The van der Waals surface area contributed by atoms with Gasteiger partial charge in [0.05, 0.1) is 12.2 Å². The van der Waals surface area contributed by atoms with E-state index >= 15 is 0 Å². The standard InChI is InChI=1S/C16H24O4/c1-7-5-6-10-16(4)11(7)14(18)13(17)8(2)12(16)9(3)15(19)20-10/h7-8,10-11,13-14,17-18H,5-6H2,1-4H3/t7-,8?,10+,11-,13-,14+,16+/m1/s1. The van der Waals surface area contributed by atoms with Crippen molar-refractivity contribution in [2.45, 2.75) is 58.8 Å². The van der Waals surface area contributed by atoms with E-state index in [1.807, 2.05) is 6.92 Å². The maximum Gasteiger partial charge on any atom is 0.334 e. The number of carbonyl (C=O) groups excluding carboxylic acids is 1. The lowest BCUT2D eigenvalue weighted by atomic mass is 9.49. The van der Waals surface area contributed by atoms with Crippen LogP contribution in [-0.4, -0.2) is 34.5 Å². The Bertz CT molecular complexity index is 483. The molecule has 0 radical (unpaired) electrons. The molecule has 0 aromatic rings. The fourth-order valence-electron chi connectivity index (χ4n) is 5.17. The molecule has 1 heterocycles. The summed E-state index contributed by atoms with van der Waals surface area (Å²) in [6.45, 7) is 7.93. The van der Waals surface area contributed by atoms with Gasteiger partial charge in [-0.05, 0) is 31.3 Å². The summed E-state index contributed by atoms with van der Waals surface area (Å²) in [5, 5.41) is 21.0. The van der Waals surface area contributed by atoms with Crippen molar-refractivity contribution in [3.8, 4) is 0 Å². The van der Waals surface area contributed by atoms with Gasteiger partial charge in [-0.1, -0.05) is 20.8 Å². The molecule has 20 heavy (non-hydrogen) atoms. The predicted molar refractivity (Wildman–Crippen MR) is 73.8 cm³/mol. The molecule has 2 N–H and O–H groups in total. The maximum absolute atomic E-state index is 12.1. The Hall–Kier alpha value is -0.870. The van der Waals surface area contributed by atoms with Crippen molar-refractivity contribution in [2.75, 3.05) is 0 Å². The number of carbonyl (C=O) groups is 1. The third-order valence-corrected chi connectivity index (χ3v) is 6.08. The maximum atomic E-state index is 12.1. The molecule has 3 rings (SSSR count). The molecule has 2 aliphatic carbocycles. The largest absolute Gasteiger partial charge is 0.458 e. The first-order chi connectivity index (χ1) is 9.30. The van der Waals surface area contributed by atoms with Crippen LogP contribution < -0.4 is 0 Å². The molecule has 0 aromatic heterocycles. The molecule has 4 heteroatoms. The summed E-state index contributed by atoms with van der Waals surface area (Å²) in [5.74, 6) is -0.198. The Morgan fingerprint density at radius 2 is 1.85 bits per heavy atom. The molecule has 0 bridgehead atoms. The number of esters is 1. The minimum absolute atomic E-state index is 0.0505. The Morgan fingerprint density at radius 3 is 2.50 bits per heavy atom. The SMILES string of the molecule is CC1=C2C(C)[C@@H](O)[C@@H](O)[C@H]3[C@H](C)CC[C@H](OC1=O)[C@]23C. The zero-order valence-corrected chi connectivity index (χ0v) is 12.6. The summed E-state index contributed by atoms with van der Waals surface area (Å²) in [4.78, 5) is 12.1. The van der Waals surface area contributed by atoms with Gasteiger partial charge in [0.25, 0.3) is 0 Å². The van der Waals surface area contributed by atoms with Gasteiger partial charge in [0.2, 0.25) is 0 Å². The van der Waals surface area contributed by atoms with Crippen molar-refractivity contribution < 1.29 is 19.7 Å². The van der Waals surface area contributed by atoms with Crippen molar-refractivity contribution in [1.82, 2.24) is 0 Å². The quantitative estimate of drug-likeness (QED) is 0.662. The van der Waals surface area contributed by atoms with Crippen molar-refractivity contribution in [3.05, 3.63) is 11.1 Å². The summed E-state index contributed by atoms with van der Waals surface area (Å²) >= 11 is 0. The lowest BCUT2D eigenvalue weighted by Gasteiger charge is -2.60. The number of ether oxygens (including phenoxy) is 1. The van der Waals surface area contributed by atoms with Crippen molar-refractivity contribution in [3.63, 3.8) is 0 Å². The van der Waals surface area contributed by atoms with E-state index in [1.165, 1.54) is 0 Å². The first-order valence-corrected chi connectivity index (χ1v) is 7.58. The molecule has 2 saturated carbocycles. The van der Waals surface area contributed by atoms with Gasteiger partial charge in [0.15, 0.2) is 0 Å². The summed E-state index contributed by atoms with van der Waals surface area (Å²) in [6.07, 6.45) is 0.0420. The molecule has 2 fully saturated rings. The van der Waals surface area contributed by atoms with Crippen molar-refractivity contribution >= 4 is 5.97 Å². The second-order valence-electron chi connectivity index (χ2n) is 7.07. The molecule has 4 nitrogen and oxygen atoms in total. The van der Waals surface area contributed by atoms with E-state index < -0.39 is 12.2 Å². The fraction of sp³-hybridized carbons (Fsp3) is 0.812. The van der Waals surface area contributed by atoms with E-state index in [1.54, 1.807) is 6.92 Å². The summed E-state index contributed by atoms with van der Waals surface area (Å²) in [5.41, 5.74) is 1.29. The fourth-order valence-corrected chi connectivity index (χ4v) is 5.17. The highest BCUT2D eigenvalue weighted by atomic mass is 16.5. The lowest BCUT2D eigenvalue weighted by Crippen LogP contribution is -2.63. The lowest BCUT2D eigenvalue weighted by molar-refractivity contribution is -0.191. The van der Waals surface area contributed by atoms with Gasteiger partial charge in [-0.15, -0.1) is 0 Å². The van der Waals surface area contributed by atoms with Gasteiger partial charge in [-0.3, -0.25) is 0 Å². The second kappa shape index (κ2) is 4.31. The Balaban J connectivity index is 2.22. The van der Waals surface area contributed by atoms with Crippen molar-refractivity contribution in [2.24, 2.45) is 23.2 Å². The van der Waals surface area contributed by atoms with Gasteiger partial charge < -0.3 is 14.9 Å². The van der Waals surface area contributed by atoms with Gasteiger partial charge >= 0.3 is 5.97 Å². The summed E-state index contributed by atoms with van der Waals surface area (Å²) in [7, 11) is 0. The van der Waals surface area contributed by atoms with E-state index in [0.717, 1.165) is 18.4 Å². The molecule has 112 valence electrons. The zero-order valence-electron chi connectivity index (χ0n) is 12.6. The number of hydrogen-bond acceptors (Lipinski definition) is 4.